The van der Waals surface area contributed by atoms with Gasteiger partial charge in [0.2, 0.25) is 0 Å². The van der Waals surface area contributed by atoms with Gasteiger partial charge in [-0.3, -0.25) is 4.98 Å². The lowest BCUT2D eigenvalue weighted by atomic mass is 10.2. The Morgan fingerprint density at radius 2 is 1.61 bits per heavy atom. The molecule has 0 radical (unpaired) electrons. The number of pyridine rings is 1. The highest BCUT2D eigenvalue weighted by Crippen LogP contribution is 2.39. The maximum atomic E-state index is 9.44. The molecular formula is C26H15N5O2. The van der Waals surface area contributed by atoms with Crippen molar-refractivity contribution in [3.63, 3.8) is 0 Å². The van der Waals surface area contributed by atoms with Gasteiger partial charge in [-0.15, -0.1) is 0 Å². The molecule has 0 bridgehead atoms. The fraction of sp³-hybridized carbons (Fsp3) is 0. The Labute approximate surface area is 189 Å². The number of aromatic nitrogens is 3. The summed E-state index contributed by atoms with van der Waals surface area (Å²) in [6.45, 7) is 0. The molecule has 0 aliphatic heterocycles. The number of imidazole rings is 1. The third kappa shape index (κ3) is 4.07. The number of benzene rings is 3. The fourth-order valence-electron chi connectivity index (χ4n) is 3.32. The summed E-state index contributed by atoms with van der Waals surface area (Å²) in [5.74, 6) is 2.28. The van der Waals surface area contributed by atoms with Crippen LogP contribution in [0.2, 0.25) is 0 Å². The van der Waals surface area contributed by atoms with Gasteiger partial charge in [0.05, 0.1) is 28.2 Å². The summed E-state index contributed by atoms with van der Waals surface area (Å²) in [7, 11) is 0. The molecular weight excluding hydrogens is 414 g/mol. The topological polar surface area (TPSA) is 108 Å². The zero-order valence-corrected chi connectivity index (χ0v) is 17.2. The van der Waals surface area contributed by atoms with Crippen molar-refractivity contribution in [3.05, 3.63) is 96.2 Å². The first-order chi connectivity index (χ1) is 16.2. The molecule has 0 aliphatic carbocycles. The first-order valence-electron chi connectivity index (χ1n) is 10.0. The summed E-state index contributed by atoms with van der Waals surface area (Å²) in [6, 6.07) is 27.1. The highest BCUT2D eigenvalue weighted by Gasteiger charge is 2.16. The van der Waals surface area contributed by atoms with E-state index in [0.29, 0.717) is 51.2 Å². The summed E-state index contributed by atoms with van der Waals surface area (Å²) in [5.41, 5.74) is 2.95. The predicted octanol–water partition coefficient (Wildman–Crippen LogP) is 5.95. The van der Waals surface area contributed by atoms with E-state index in [1.165, 1.54) is 0 Å². The van der Waals surface area contributed by atoms with E-state index in [9.17, 15) is 10.5 Å². The minimum Gasteiger partial charge on any atom is -0.453 e. The van der Waals surface area contributed by atoms with Crippen molar-refractivity contribution < 1.29 is 9.47 Å². The third-order valence-corrected chi connectivity index (χ3v) is 4.87. The van der Waals surface area contributed by atoms with Crippen LogP contribution in [0.1, 0.15) is 11.1 Å². The van der Waals surface area contributed by atoms with Gasteiger partial charge in [0, 0.05) is 18.3 Å². The van der Waals surface area contributed by atoms with Gasteiger partial charge in [0.1, 0.15) is 23.3 Å². The van der Waals surface area contributed by atoms with Crippen LogP contribution in [0.5, 0.6) is 23.0 Å². The second-order valence-corrected chi connectivity index (χ2v) is 7.07. The van der Waals surface area contributed by atoms with Gasteiger partial charge in [0.15, 0.2) is 17.3 Å². The van der Waals surface area contributed by atoms with E-state index in [4.69, 9.17) is 9.47 Å². The van der Waals surface area contributed by atoms with Crippen LogP contribution in [0.15, 0.2) is 85.1 Å². The summed E-state index contributed by atoms with van der Waals surface area (Å²) in [4.78, 5) is 12.2. The molecule has 0 aliphatic rings. The standard InChI is InChI=1S/C26H15N5O2/c27-15-17-6-5-8-19(12-17)32-24-13-21-22(31-26(30-21)20-9-3-4-11-29-20)14-25(24)33-23-10-2-1-7-18(23)16-28/h1-14H,(H,30,31). The highest BCUT2D eigenvalue weighted by molar-refractivity contribution is 5.83. The molecule has 0 amide bonds. The van der Waals surface area contributed by atoms with Gasteiger partial charge in [-0.25, -0.2) is 4.98 Å². The van der Waals surface area contributed by atoms with E-state index in [0.717, 1.165) is 5.52 Å². The first-order valence-corrected chi connectivity index (χ1v) is 10.0. The van der Waals surface area contributed by atoms with Gasteiger partial charge in [-0.05, 0) is 42.5 Å². The molecule has 3 aromatic carbocycles. The second kappa shape index (κ2) is 8.54. The van der Waals surface area contributed by atoms with Crippen LogP contribution in [0, 0.1) is 22.7 Å². The zero-order valence-electron chi connectivity index (χ0n) is 17.2. The molecule has 0 spiro atoms. The smallest absolute Gasteiger partial charge is 0.172 e. The Morgan fingerprint density at radius 3 is 2.42 bits per heavy atom. The number of hydrogen-bond donors (Lipinski definition) is 1. The van der Waals surface area contributed by atoms with Crippen LogP contribution in [0.4, 0.5) is 0 Å². The van der Waals surface area contributed by atoms with Crippen molar-refractivity contribution >= 4 is 11.0 Å². The van der Waals surface area contributed by atoms with Crippen molar-refractivity contribution in [2.75, 3.05) is 0 Å². The minimum absolute atomic E-state index is 0.381. The number of hydrogen-bond acceptors (Lipinski definition) is 6. The van der Waals surface area contributed by atoms with E-state index >= 15 is 0 Å². The Bertz CT molecular complexity index is 1550. The number of rotatable bonds is 5. The molecule has 7 heteroatoms. The highest BCUT2D eigenvalue weighted by atomic mass is 16.5. The zero-order chi connectivity index (χ0) is 22.6. The molecule has 0 saturated carbocycles. The fourth-order valence-corrected chi connectivity index (χ4v) is 3.32. The van der Waals surface area contributed by atoms with Crippen molar-refractivity contribution in [1.82, 2.24) is 15.0 Å². The van der Waals surface area contributed by atoms with Crippen molar-refractivity contribution in [2.24, 2.45) is 0 Å². The number of ether oxygens (including phenoxy) is 2. The molecule has 0 fully saturated rings. The van der Waals surface area contributed by atoms with Crippen LogP contribution in [-0.4, -0.2) is 15.0 Å². The number of para-hydroxylation sites is 1. The SMILES string of the molecule is N#Cc1cccc(Oc2cc3[nH]c(-c4ccccn4)nc3cc2Oc2ccccc2C#N)c1. The molecule has 1 N–H and O–H groups in total. The Hall–Kier alpha value is -5.14. The van der Waals surface area contributed by atoms with Gasteiger partial charge >= 0.3 is 0 Å². The number of nitrogens with one attached hydrogen (secondary N) is 1. The van der Waals surface area contributed by atoms with Gasteiger partial charge in [-0.1, -0.05) is 24.3 Å². The maximum Gasteiger partial charge on any atom is 0.172 e. The van der Waals surface area contributed by atoms with Crippen LogP contribution in [-0.2, 0) is 0 Å². The van der Waals surface area contributed by atoms with Crippen molar-refractivity contribution in [3.8, 4) is 46.7 Å². The summed E-state index contributed by atoms with van der Waals surface area (Å²) < 4.78 is 12.2. The third-order valence-electron chi connectivity index (χ3n) is 4.87. The van der Waals surface area contributed by atoms with E-state index in [1.807, 2.05) is 18.2 Å². The lowest BCUT2D eigenvalue weighted by Crippen LogP contribution is -1.93. The molecule has 0 saturated heterocycles. The van der Waals surface area contributed by atoms with Crippen molar-refractivity contribution in [1.29, 1.82) is 10.5 Å². The van der Waals surface area contributed by atoms with Crippen LogP contribution < -0.4 is 9.47 Å². The molecule has 7 nitrogen and oxygen atoms in total. The number of aromatic amines is 1. The minimum atomic E-state index is 0.381. The van der Waals surface area contributed by atoms with E-state index in [1.54, 1.807) is 66.9 Å². The average molecular weight is 429 g/mol. The van der Waals surface area contributed by atoms with Gasteiger partial charge in [-0.2, -0.15) is 10.5 Å². The molecule has 156 valence electrons. The second-order valence-electron chi connectivity index (χ2n) is 7.07. The number of H-pyrrole nitrogens is 1. The first kappa shape index (κ1) is 19.8. The largest absolute Gasteiger partial charge is 0.453 e. The molecule has 5 aromatic rings. The average Bonchev–Trinajstić information content (AvgIpc) is 3.28. The number of fused-ring (bicyclic) bond motifs is 1. The molecule has 0 unspecified atom stereocenters. The molecule has 2 aromatic heterocycles. The number of nitriles is 2. The van der Waals surface area contributed by atoms with Crippen LogP contribution in [0.25, 0.3) is 22.6 Å². The normalized spacial score (nSPS) is 10.4. The van der Waals surface area contributed by atoms with E-state index < -0.39 is 0 Å². The Balaban J connectivity index is 1.62. The lowest BCUT2D eigenvalue weighted by molar-refractivity contribution is 0.419. The van der Waals surface area contributed by atoms with E-state index in [-0.39, 0.29) is 0 Å². The maximum absolute atomic E-state index is 9.44. The van der Waals surface area contributed by atoms with Gasteiger partial charge in [0.25, 0.3) is 0 Å². The van der Waals surface area contributed by atoms with Crippen molar-refractivity contribution in [2.45, 2.75) is 0 Å². The quantitative estimate of drug-likeness (QED) is 0.370. The summed E-state index contributed by atoms with van der Waals surface area (Å²) in [6.07, 6.45) is 1.70. The monoisotopic (exact) mass is 429 g/mol. The molecule has 2 heterocycles. The molecule has 33 heavy (non-hydrogen) atoms. The van der Waals surface area contributed by atoms with E-state index in [2.05, 4.69) is 27.1 Å². The summed E-state index contributed by atoms with van der Waals surface area (Å²) >= 11 is 0. The molecule has 0 atom stereocenters. The van der Waals surface area contributed by atoms with Gasteiger partial charge < -0.3 is 14.5 Å². The Kier molecular flexibility index (Phi) is 5.12. The Morgan fingerprint density at radius 1 is 0.758 bits per heavy atom. The number of nitrogens with zero attached hydrogens (tertiary/aromatic N) is 4. The van der Waals surface area contributed by atoms with Crippen LogP contribution in [0.3, 0.4) is 0 Å². The lowest BCUT2D eigenvalue weighted by Gasteiger charge is -2.13. The van der Waals surface area contributed by atoms with Crippen LogP contribution >= 0.6 is 0 Å². The molecule has 5 rings (SSSR count). The predicted molar refractivity (Wildman–Crippen MR) is 122 cm³/mol. The summed E-state index contributed by atoms with van der Waals surface area (Å²) in [5, 5.41) is 18.7.